The van der Waals surface area contributed by atoms with Crippen LogP contribution in [0.15, 0.2) is 10.5 Å². The Bertz CT molecular complexity index is 344. The molecular weight excluding hydrogens is 253 g/mol. The molecule has 0 aliphatic heterocycles. The summed E-state index contributed by atoms with van der Waals surface area (Å²) in [6, 6.07) is 1.25. The van der Waals surface area contributed by atoms with E-state index in [2.05, 4.69) is 21.2 Å². The van der Waals surface area contributed by atoms with Crippen LogP contribution in [0, 0.1) is 5.82 Å². The number of hydrogen-bond acceptors (Lipinski definition) is 3. The highest BCUT2D eigenvalue weighted by molar-refractivity contribution is 9.10. The van der Waals surface area contributed by atoms with Crippen LogP contribution in [-0.4, -0.2) is 19.3 Å². The van der Waals surface area contributed by atoms with E-state index in [0.717, 1.165) is 0 Å². The van der Waals surface area contributed by atoms with Gasteiger partial charge in [-0.3, -0.25) is 0 Å². The molecule has 0 heterocycles. The van der Waals surface area contributed by atoms with E-state index in [4.69, 9.17) is 4.74 Å². The number of halogens is 2. The van der Waals surface area contributed by atoms with Crippen LogP contribution in [0.1, 0.15) is 5.56 Å². The third-order valence-electron chi connectivity index (χ3n) is 1.80. The van der Waals surface area contributed by atoms with Crippen LogP contribution in [0.25, 0.3) is 0 Å². The van der Waals surface area contributed by atoms with Crippen LogP contribution in [0.5, 0.6) is 11.5 Å². The molecule has 0 radical (unpaired) electrons. The lowest BCUT2D eigenvalue weighted by Gasteiger charge is -2.11. The average Bonchev–Trinajstić information content (AvgIpc) is 2.16. The molecule has 78 valence electrons. The summed E-state index contributed by atoms with van der Waals surface area (Å²) in [5.74, 6) is -0.650. The first-order valence-electron chi connectivity index (χ1n) is 4.00. The number of phenolic OH excluding ortho intramolecular Hbond substituents is 1. The third-order valence-corrected chi connectivity index (χ3v) is 2.53. The first kappa shape index (κ1) is 11.3. The van der Waals surface area contributed by atoms with Gasteiger partial charge in [-0.2, -0.15) is 0 Å². The molecule has 0 aromatic heterocycles. The predicted octanol–water partition coefficient (Wildman–Crippen LogP) is 2.02. The van der Waals surface area contributed by atoms with Crippen molar-refractivity contribution in [3.05, 3.63) is 21.9 Å². The lowest BCUT2D eigenvalue weighted by atomic mass is 10.2. The minimum Gasteiger partial charge on any atom is -0.504 e. The fourth-order valence-corrected chi connectivity index (χ4v) is 1.79. The highest BCUT2D eigenvalue weighted by Gasteiger charge is 2.15. The molecule has 0 aliphatic rings. The predicted molar refractivity (Wildman–Crippen MR) is 55.1 cm³/mol. The zero-order valence-corrected chi connectivity index (χ0v) is 9.48. The van der Waals surface area contributed by atoms with E-state index in [0.29, 0.717) is 17.9 Å². The Balaban J connectivity index is 3.28. The van der Waals surface area contributed by atoms with E-state index in [-0.39, 0.29) is 4.47 Å². The van der Waals surface area contributed by atoms with Gasteiger partial charge in [0.05, 0.1) is 7.11 Å². The number of methoxy groups -OCH3 is 1. The molecule has 0 saturated carbocycles. The van der Waals surface area contributed by atoms with E-state index in [1.165, 1.54) is 13.2 Å². The van der Waals surface area contributed by atoms with Crippen molar-refractivity contribution < 1.29 is 14.2 Å². The van der Waals surface area contributed by atoms with Crippen LogP contribution in [0.3, 0.4) is 0 Å². The minimum absolute atomic E-state index is 0.241. The molecule has 0 fully saturated rings. The lowest BCUT2D eigenvalue weighted by Crippen LogP contribution is -2.07. The average molecular weight is 264 g/mol. The number of nitrogens with one attached hydrogen (secondary N) is 1. The Labute approximate surface area is 90.0 Å². The fraction of sp³-hybridized carbons (Fsp3) is 0.333. The van der Waals surface area contributed by atoms with Crippen LogP contribution in [0.4, 0.5) is 4.39 Å². The molecule has 14 heavy (non-hydrogen) atoms. The number of aromatic hydroxyl groups is 1. The van der Waals surface area contributed by atoms with Gasteiger partial charge in [0, 0.05) is 12.1 Å². The maximum atomic E-state index is 13.1. The van der Waals surface area contributed by atoms with Crippen LogP contribution >= 0.6 is 15.9 Å². The molecule has 0 aliphatic carbocycles. The van der Waals surface area contributed by atoms with Crippen molar-refractivity contribution in [3.8, 4) is 11.5 Å². The van der Waals surface area contributed by atoms with E-state index in [1.807, 2.05) is 0 Å². The summed E-state index contributed by atoms with van der Waals surface area (Å²) in [6.07, 6.45) is 0. The summed E-state index contributed by atoms with van der Waals surface area (Å²) >= 11 is 3.07. The molecule has 2 N–H and O–H groups in total. The van der Waals surface area contributed by atoms with Crippen LogP contribution in [0.2, 0.25) is 0 Å². The van der Waals surface area contributed by atoms with E-state index in [1.54, 1.807) is 7.05 Å². The van der Waals surface area contributed by atoms with Gasteiger partial charge in [-0.05, 0) is 29.0 Å². The van der Waals surface area contributed by atoms with Gasteiger partial charge in [-0.25, -0.2) is 4.39 Å². The molecule has 0 unspecified atom stereocenters. The number of phenols is 1. The standard InChI is InChI=1S/C9H11BrFNO2/c1-12-4-5-3-6(11)8(13)7(10)9(5)14-2/h3,12-13H,4H2,1-2H3. The molecule has 0 saturated heterocycles. The minimum atomic E-state index is -0.664. The molecular formula is C9H11BrFNO2. The summed E-state index contributed by atoms with van der Waals surface area (Å²) in [7, 11) is 3.22. The van der Waals surface area contributed by atoms with Crippen molar-refractivity contribution in [2.24, 2.45) is 0 Å². The van der Waals surface area contributed by atoms with E-state index in [9.17, 15) is 9.50 Å². The SMILES string of the molecule is CNCc1cc(F)c(O)c(Br)c1OC. The molecule has 1 rings (SSSR count). The molecule has 5 heteroatoms. The fourth-order valence-electron chi connectivity index (χ4n) is 1.18. The largest absolute Gasteiger partial charge is 0.504 e. The van der Waals surface area contributed by atoms with E-state index < -0.39 is 11.6 Å². The first-order chi connectivity index (χ1) is 6.61. The van der Waals surface area contributed by atoms with Gasteiger partial charge in [0.1, 0.15) is 10.2 Å². The summed E-state index contributed by atoms with van der Waals surface area (Å²) in [6.45, 7) is 0.471. The molecule has 0 amide bonds. The number of benzene rings is 1. The maximum Gasteiger partial charge on any atom is 0.169 e. The van der Waals surface area contributed by atoms with Crippen molar-refractivity contribution >= 4 is 15.9 Å². The Morgan fingerprint density at radius 3 is 2.79 bits per heavy atom. The number of rotatable bonds is 3. The van der Waals surface area contributed by atoms with Crippen molar-refractivity contribution in [1.82, 2.24) is 5.32 Å². The topological polar surface area (TPSA) is 41.5 Å². The monoisotopic (exact) mass is 263 g/mol. The first-order valence-corrected chi connectivity index (χ1v) is 4.79. The van der Waals surface area contributed by atoms with Crippen molar-refractivity contribution in [3.63, 3.8) is 0 Å². The molecule has 0 atom stereocenters. The van der Waals surface area contributed by atoms with Gasteiger partial charge in [0.2, 0.25) is 0 Å². The maximum absolute atomic E-state index is 13.1. The second kappa shape index (κ2) is 4.61. The molecule has 1 aromatic carbocycles. The summed E-state index contributed by atoms with van der Waals surface area (Å²) in [5, 5.41) is 12.2. The lowest BCUT2D eigenvalue weighted by molar-refractivity contribution is 0.386. The number of ether oxygens (including phenoxy) is 1. The Hall–Kier alpha value is -0.810. The van der Waals surface area contributed by atoms with Crippen molar-refractivity contribution in [2.45, 2.75) is 6.54 Å². The Morgan fingerprint density at radius 2 is 2.29 bits per heavy atom. The summed E-state index contributed by atoms with van der Waals surface area (Å²) in [5.41, 5.74) is 0.650. The van der Waals surface area contributed by atoms with Gasteiger partial charge in [-0.1, -0.05) is 0 Å². The van der Waals surface area contributed by atoms with Gasteiger partial charge in [0.25, 0.3) is 0 Å². The normalized spacial score (nSPS) is 10.3. The van der Waals surface area contributed by atoms with Gasteiger partial charge >= 0.3 is 0 Å². The quantitative estimate of drug-likeness (QED) is 0.877. The van der Waals surface area contributed by atoms with E-state index >= 15 is 0 Å². The summed E-state index contributed by atoms with van der Waals surface area (Å²) in [4.78, 5) is 0. The Morgan fingerprint density at radius 1 is 1.64 bits per heavy atom. The van der Waals surface area contributed by atoms with Gasteiger partial charge in [-0.15, -0.1) is 0 Å². The molecule has 3 nitrogen and oxygen atoms in total. The Kier molecular flexibility index (Phi) is 3.71. The number of hydrogen-bond donors (Lipinski definition) is 2. The van der Waals surface area contributed by atoms with Crippen LogP contribution in [-0.2, 0) is 6.54 Å². The third kappa shape index (κ3) is 1.99. The zero-order chi connectivity index (χ0) is 10.7. The van der Waals surface area contributed by atoms with Crippen molar-refractivity contribution in [2.75, 3.05) is 14.2 Å². The molecule has 1 aromatic rings. The molecule has 0 spiro atoms. The van der Waals surface area contributed by atoms with Gasteiger partial charge in [0.15, 0.2) is 11.6 Å². The van der Waals surface area contributed by atoms with Gasteiger partial charge < -0.3 is 15.2 Å². The molecule has 0 bridgehead atoms. The summed E-state index contributed by atoms with van der Waals surface area (Å²) < 4.78 is 18.4. The second-order valence-electron chi connectivity index (χ2n) is 2.74. The zero-order valence-electron chi connectivity index (χ0n) is 7.90. The second-order valence-corrected chi connectivity index (χ2v) is 3.54. The highest BCUT2D eigenvalue weighted by Crippen LogP contribution is 2.38. The smallest absolute Gasteiger partial charge is 0.169 e. The van der Waals surface area contributed by atoms with Crippen LogP contribution < -0.4 is 10.1 Å². The highest BCUT2D eigenvalue weighted by atomic mass is 79.9. The van der Waals surface area contributed by atoms with Crippen molar-refractivity contribution in [1.29, 1.82) is 0 Å².